The standard InChI is InChI=1S/C35H47N/c1-3-5-7-9-11-17-23-35(24-18-12-10-8-6-4-2)31-25-27-19-14-16-22-30(27)34(31)36-32-26-28-20-13-15-21-29(28)33(32)35/h13-16,19-22,25,34,36H,3-12,17-18,23-24,26H2,1-2H3. The zero-order valence-corrected chi connectivity index (χ0v) is 22.9. The van der Waals surface area contributed by atoms with Crippen LogP contribution in [0.4, 0.5) is 0 Å². The Hall–Kier alpha value is -2.28. The highest BCUT2D eigenvalue weighted by Gasteiger charge is 2.50. The Kier molecular flexibility index (Phi) is 8.35. The van der Waals surface area contributed by atoms with Crippen LogP contribution in [0.3, 0.4) is 0 Å². The molecule has 1 nitrogen and oxygen atoms in total. The van der Waals surface area contributed by atoms with Gasteiger partial charge in [0.15, 0.2) is 0 Å². The fourth-order valence-electron chi connectivity index (χ4n) is 7.32. The van der Waals surface area contributed by atoms with Crippen LogP contribution in [-0.2, 0) is 6.42 Å². The molecule has 1 aliphatic heterocycles. The molecular weight excluding hydrogens is 434 g/mol. The van der Waals surface area contributed by atoms with Crippen LogP contribution < -0.4 is 5.32 Å². The largest absolute Gasteiger partial charge is 0.377 e. The SMILES string of the molecule is CCCCCCCCC1(CCCCCCCC)C2=Cc3ccccc3C2NC2=C1c1ccccc1C2. The van der Waals surface area contributed by atoms with E-state index < -0.39 is 0 Å². The van der Waals surface area contributed by atoms with Gasteiger partial charge in [0.2, 0.25) is 0 Å². The Bertz CT molecular complexity index is 1070. The molecule has 0 aromatic heterocycles. The lowest BCUT2D eigenvalue weighted by atomic mass is 9.62. The molecule has 36 heavy (non-hydrogen) atoms. The summed E-state index contributed by atoms with van der Waals surface area (Å²) in [5.74, 6) is 0. The molecule has 0 spiro atoms. The van der Waals surface area contributed by atoms with Gasteiger partial charge in [-0.3, -0.25) is 0 Å². The van der Waals surface area contributed by atoms with Gasteiger partial charge < -0.3 is 5.32 Å². The quantitative estimate of drug-likeness (QED) is 0.265. The van der Waals surface area contributed by atoms with Gasteiger partial charge in [0.25, 0.3) is 0 Å². The van der Waals surface area contributed by atoms with E-state index in [9.17, 15) is 0 Å². The zero-order chi connectivity index (χ0) is 24.8. The smallest absolute Gasteiger partial charge is 0.0742 e. The maximum Gasteiger partial charge on any atom is 0.0742 e. The van der Waals surface area contributed by atoms with Gasteiger partial charge >= 0.3 is 0 Å². The van der Waals surface area contributed by atoms with Crippen LogP contribution in [0.1, 0.15) is 132 Å². The Labute approximate surface area is 220 Å². The van der Waals surface area contributed by atoms with Gasteiger partial charge in [-0.05, 0) is 46.2 Å². The van der Waals surface area contributed by atoms with Crippen LogP contribution in [0, 0.1) is 5.41 Å². The summed E-state index contributed by atoms with van der Waals surface area (Å²) in [6.07, 6.45) is 22.7. The van der Waals surface area contributed by atoms with E-state index in [0.29, 0.717) is 6.04 Å². The van der Waals surface area contributed by atoms with Gasteiger partial charge in [-0.1, -0.05) is 146 Å². The third kappa shape index (κ3) is 4.96. The van der Waals surface area contributed by atoms with E-state index in [1.807, 2.05) is 0 Å². The molecule has 0 amide bonds. The normalized spacial score (nSPS) is 18.8. The second-order valence-corrected chi connectivity index (χ2v) is 11.6. The van der Waals surface area contributed by atoms with Gasteiger partial charge in [0.1, 0.15) is 0 Å². The third-order valence-electron chi connectivity index (χ3n) is 9.15. The van der Waals surface area contributed by atoms with E-state index in [-0.39, 0.29) is 5.41 Å². The van der Waals surface area contributed by atoms with E-state index in [4.69, 9.17) is 0 Å². The van der Waals surface area contributed by atoms with Crippen molar-refractivity contribution in [3.8, 4) is 0 Å². The predicted molar refractivity (Wildman–Crippen MR) is 156 cm³/mol. The lowest BCUT2D eigenvalue weighted by Crippen LogP contribution is -2.38. The topological polar surface area (TPSA) is 12.0 Å². The Morgan fingerprint density at radius 2 is 1.33 bits per heavy atom. The summed E-state index contributed by atoms with van der Waals surface area (Å²) >= 11 is 0. The molecule has 5 rings (SSSR count). The highest BCUT2D eigenvalue weighted by Crippen LogP contribution is 2.61. The number of allylic oxidation sites excluding steroid dienone is 2. The van der Waals surface area contributed by atoms with Crippen molar-refractivity contribution in [2.45, 2.75) is 116 Å². The van der Waals surface area contributed by atoms with Gasteiger partial charge in [-0.2, -0.15) is 0 Å². The highest BCUT2D eigenvalue weighted by atomic mass is 15.0. The number of rotatable bonds is 14. The molecule has 2 aromatic carbocycles. The minimum Gasteiger partial charge on any atom is -0.377 e. The lowest BCUT2D eigenvalue weighted by Gasteiger charge is -2.45. The monoisotopic (exact) mass is 481 g/mol. The number of hydrogen-bond donors (Lipinski definition) is 1. The van der Waals surface area contributed by atoms with Crippen LogP contribution >= 0.6 is 0 Å². The molecule has 1 atom stereocenters. The van der Waals surface area contributed by atoms with Crippen molar-refractivity contribution in [2.75, 3.05) is 0 Å². The second-order valence-electron chi connectivity index (χ2n) is 11.6. The average Bonchev–Trinajstić information content (AvgIpc) is 3.47. The lowest BCUT2D eigenvalue weighted by molar-refractivity contribution is 0.331. The van der Waals surface area contributed by atoms with E-state index in [0.717, 1.165) is 6.42 Å². The van der Waals surface area contributed by atoms with Crippen molar-refractivity contribution >= 4 is 11.6 Å². The Morgan fingerprint density at radius 3 is 2.06 bits per heavy atom. The summed E-state index contributed by atoms with van der Waals surface area (Å²) in [6, 6.07) is 18.8. The third-order valence-corrected chi connectivity index (χ3v) is 9.15. The molecule has 0 saturated carbocycles. The summed E-state index contributed by atoms with van der Waals surface area (Å²) in [4.78, 5) is 0. The van der Waals surface area contributed by atoms with E-state index in [2.05, 4.69) is 73.8 Å². The molecule has 1 N–H and O–H groups in total. The molecule has 0 fully saturated rings. The summed E-state index contributed by atoms with van der Waals surface area (Å²) in [5.41, 5.74) is 11.0. The molecule has 2 aliphatic carbocycles. The number of nitrogens with one attached hydrogen (secondary N) is 1. The fraction of sp³-hybridized carbons (Fsp3) is 0.543. The first-order chi connectivity index (χ1) is 17.8. The van der Waals surface area contributed by atoms with Crippen molar-refractivity contribution < 1.29 is 0 Å². The number of hydrogen-bond acceptors (Lipinski definition) is 1. The first-order valence-corrected chi connectivity index (χ1v) is 15.2. The molecule has 192 valence electrons. The number of unbranched alkanes of at least 4 members (excludes halogenated alkanes) is 10. The highest BCUT2D eigenvalue weighted by molar-refractivity contribution is 5.87. The summed E-state index contributed by atoms with van der Waals surface area (Å²) in [5, 5.41) is 4.08. The first kappa shape index (κ1) is 25.4. The molecule has 0 radical (unpaired) electrons. The van der Waals surface area contributed by atoms with Crippen LogP contribution in [0.2, 0.25) is 0 Å². The van der Waals surface area contributed by atoms with Crippen molar-refractivity contribution in [3.63, 3.8) is 0 Å². The van der Waals surface area contributed by atoms with E-state index >= 15 is 0 Å². The number of benzene rings is 2. The van der Waals surface area contributed by atoms with E-state index in [1.54, 1.807) is 11.1 Å². The van der Waals surface area contributed by atoms with Crippen LogP contribution in [0.5, 0.6) is 0 Å². The summed E-state index contributed by atoms with van der Waals surface area (Å²) in [7, 11) is 0. The molecule has 0 saturated heterocycles. The maximum absolute atomic E-state index is 4.08. The van der Waals surface area contributed by atoms with Gasteiger partial charge in [-0.25, -0.2) is 0 Å². The number of fused-ring (bicyclic) bond motifs is 5. The van der Waals surface area contributed by atoms with Crippen molar-refractivity contribution in [3.05, 3.63) is 82.1 Å². The maximum atomic E-state index is 4.08. The fourth-order valence-corrected chi connectivity index (χ4v) is 7.32. The predicted octanol–water partition coefficient (Wildman–Crippen LogP) is 10.2. The molecule has 1 heteroatoms. The van der Waals surface area contributed by atoms with Gasteiger partial charge in [0, 0.05) is 17.5 Å². The average molecular weight is 482 g/mol. The second kappa shape index (κ2) is 11.8. The van der Waals surface area contributed by atoms with Crippen LogP contribution in [-0.4, -0.2) is 0 Å². The van der Waals surface area contributed by atoms with Crippen molar-refractivity contribution in [1.82, 2.24) is 5.32 Å². The van der Waals surface area contributed by atoms with Crippen LogP contribution in [0.15, 0.2) is 59.8 Å². The Balaban J connectivity index is 1.48. The molecule has 3 aliphatic rings. The van der Waals surface area contributed by atoms with Crippen molar-refractivity contribution in [2.24, 2.45) is 5.41 Å². The van der Waals surface area contributed by atoms with Crippen LogP contribution in [0.25, 0.3) is 11.6 Å². The first-order valence-electron chi connectivity index (χ1n) is 15.2. The van der Waals surface area contributed by atoms with E-state index in [1.165, 1.54) is 118 Å². The van der Waals surface area contributed by atoms with Gasteiger partial charge in [-0.15, -0.1) is 0 Å². The molecular formula is C35H47N. The van der Waals surface area contributed by atoms with Crippen molar-refractivity contribution in [1.29, 1.82) is 0 Å². The molecule has 1 heterocycles. The molecule has 2 aromatic rings. The summed E-state index contributed by atoms with van der Waals surface area (Å²) < 4.78 is 0. The zero-order valence-electron chi connectivity index (χ0n) is 22.9. The molecule has 0 bridgehead atoms. The minimum absolute atomic E-state index is 0.173. The Morgan fingerprint density at radius 1 is 0.722 bits per heavy atom. The summed E-state index contributed by atoms with van der Waals surface area (Å²) in [6.45, 7) is 4.64. The van der Waals surface area contributed by atoms with Gasteiger partial charge in [0.05, 0.1) is 6.04 Å². The minimum atomic E-state index is 0.173. The molecule has 1 unspecified atom stereocenters.